The Bertz CT molecular complexity index is 380. The van der Waals surface area contributed by atoms with Gasteiger partial charge in [0.1, 0.15) is 6.61 Å². The zero-order chi connectivity index (χ0) is 13.5. The van der Waals surface area contributed by atoms with Gasteiger partial charge in [-0.2, -0.15) is 0 Å². The average molecular weight is 260 g/mol. The summed E-state index contributed by atoms with van der Waals surface area (Å²) in [7, 11) is 0. The molecule has 1 aromatic carbocycles. The molecule has 0 heterocycles. The molecule has 1 aliphatic rings. The second-order valence-electron chi connectivity index (χ2n) is 5.73. The van der Waals surface area contributed by atoms with Crippen molar-refractivity contribution in [3.8, 4) is 0 Å². The van der Waals surface area contributed by atoms with E-state index in [-0.39, 0.29) is 5.97 Å². The first-order chi connectivity index (χ1) is 9.25. The summed E-state index contributed by atoms with van der Waals surface area (Å²) in [6.45, 7) is 2.59. The van der Waals surface area contributed by atoms with Crippen LogP contribution >= 0.6 is 0 Å². The molecule has 2 rings (SSSR count). The van der Waals surface area contributed by atoms with Gasteiger partial charge < -0.3 is 4.74 Å². The fourth-order valence-electron chi connectivity index (χ4n) is 2.93. The van der Waals surface area contributed by atoms with Crippen LogP contribution in [0.1, 0.15) is 51.0 Å². The van der Waals surface area contributed by atoms with E-state index < -0.39 is 0 Å². The number of carbonyl (C=O) groups excluding carboxylic acids is 1. The van der Waals surface area contributed by atoms with Crippen LogP contribution in [0.2, 0.25) is 0 Å². The summed E-state index contributed by atoms with van der Waals surface area (Å²) in [5, 5.41) is 0. The Balaban J connectivity index is 1.71. The first-order valence-corrected chi connectivity index (χ1v) is 7.45. The molecule has 0 saturated heterocycles. The lowest BCUT2D eigenvalue weighted by Gasteiger charge is -2.26. The van der Waals surface area contributed by atoms with Crippen LogP contribution in [0.25, 0.3) is 0 Å². The van der Waals surface area contributed by atoms with Gasteiger partial charge in [-0.1, -0.05) is 69.4 Å². The Morgan fingerprint density at radius 3 is 2.58 bits per heavy atom. The highest BCUT2D eigenvalue weighted by Gasteiger charge is 2.22. The third-order valence-electron chi connectivity index (χ3n) is 4.19. The van der Waals surface area contributed by atoms with E-state index in [0.717, 1.165) is 11.5 Å². The number of benzene rings is 1. The lowest BCUT2D eigenvalue weighted by molar-refractivity contribution is -0.146. The van der Waals surface area contributed by atoms with Crippen LogP contribution < -0.4 is 0 Å². The number of rotatable bonds is 5. The van der Waals surface area contributed by atoms with Crippen LogP contribution in [0.3, 0.4) is 0 Å². The van der Waals surface area contributed by atoms with Crippen LogP contribution in [0, 0.1) is 11.8 Å². The molecule has 0 N–H and O–H groups in total. The first kappa shape index (κ1) is 14.1. The molecular weight excluding hydrogens is 236 g/mol. The summed E-state index contributed by atoms with van der Waals surface area (Å²) in [6, 6.07) is 9.87. The summed E-state index contributed by atoms with van der Waals surface area (Å²) in [4.78, 5) is 11.8. The molecule has 2 nitrogen and oxygen atoms in total. The van der Waals surface area contributed by atoms with Gasteiger partial charge in [0, 0.05) is 6.42 Å². The zero-order valence-electron chi connectivity index (χ0n) is 11.8. The van der Waals surface area contributed by atoms with Crippen LogP contribution in [0.15, 0.2) is 30.3 Å². The summed E-state index contributed by atoms with van der Waals surface area (Å²) in [5.41, 5.74) is 1.06. The number of hydrogen-bond donors (Lipinski definition) is 0. The summed E-state index contributed by atoms with van der Waals surface area (Å²) in [6.07, 6.45) is 7.15. The molecule has 1 aromatic rings. The van der Waals surface area contributed by atoms with Gasteiger partial charge in [-0.25, -0.2) is 0 Å². The largest absolute Gasteiger partial charge is 0.461 e. The van der Waals surface area contributed by atoms with Gasteiger partial charge in [0.05, 0.1) is 0 Å². The number of esters is 1. The molecule has 1 saturated carbocycles. The van der Waals surface area contributed by atoms with E-state index in [2.05, 4.69) is 6.92 Å². The van der Waals surface area contributed by atoms with Gasteiger partial charge >= 0.3 is 5.97 Å². The maximum atomic E-state index is 11.8. The summed E-state index contributed by atoms with van der Waals surface area (Å²) >= 11 is 0. The lowest BCUT2D eigenvalue weighted by atomic mass is 9.79. The molecule has 0 aromatic heterocycles. The molecule has 1 unspecified atom stereocenters. The molecule has 0 aliphatic heterocycles. The Labute approximate surface area is 116 Å². The van der Waals surface area contributed by atoms with E-state index in [0.29, 0.717) is 18.9 Å². The van der Waals surface area contributed by atoms with E-state index >= 15 is 0 Å². The maximum Gasteiger partial charge on any atom is 0.306 e. The number of hydrogen-bond acceptors (Lipinski definition) is 2. The first-order valence-electron chi connectivity index (χ1n) is 7.45. The monoisotopic (exact) mass is 260 g/mol. The highest BCUT2D eigenvalue weighted by Crippen LogP contribution is 2.31. The van der Waals surface area contributed by atoms with Crippen LogP contribution in [0.5, 0.6) is 0 Å². The summed E-state index contributed by atoms with van der Waals surface area (Å²) < 4.78 is 5.35. The van der Waals surface area contributed by atoms with Gasteiger partial charge in [0.25, 0.3) is 0 Å². The topological polar surface area (TPSA) is 26.3 Å². The minimum Gasteiger partial charge on any atom is -0.461 e. The highest BCUT2D eigenvalue weighted by molar-refractivity contribution is 5.69. The SMILES string of the molecule is CC(CC(=O)OCc1ccccc1)C1CCCCC1. The fraction of sp³-hybridized carbons (Fsp3) is 0.588. The molecule has 0 spiro atoms. The van der Waals surface area contributed by atoms with Gasteiger partial charge in [0.2, 0.25) is 0 Å². The van der Waals surface area contributed by atoms with E-state index in [1.807, 2.05) is 30.3 Å². The third kappa shape index (κ3) is 4.70. The molecule has 0 radical (unpaired) electrons. The molecule has 104 valence electrons. The molecule has 1 aliphatic carbocycles. The Morgan fingerprint density at radius 2 is 1.89 bits per heavy atom. The second kappa shape index (κ2) is 7.32. The van der Waals surface area contributed by atoms with Crippen molar-refractivity contribution in [3.05, 3.63) is 35.9 Å². The van der Waals surface area contributed by atoms with E-state index in [1.165, 1.54) is 32.1 Å². The van der Waals surface area contributed by atoms with E-state index in [4.69, 9.17) is 4.74 Å². The van der Waals surface area contributed by atoms with Crippen LogP contribution in [-0.4, -0.2) is 5.97 Å². The second-order valence-corrected chi connectivity index (χ2v) is 5.73. The molecule has 1 atom stereocenters. The van der Waals surface area contributed by atoms with Gasteiger partial charge in [-0.3, -0.25) is 4.79 Å². The zero-order valence-corrected chi connectivity index (χ0v) is 11.8. The number of carbonyl (C=O) groups is 1. The third-order valence-corrected chi connectivity index (χ3v) is 4.19. The van der Waals surface area contributed by atoms with Gasteiger partial charge in [-0.05, 0) is 17.4 Å². The van der Waals surface area contributed by atoms with Crippen molar-refractivity contribution in [2.45, 2.75) is 52.1 Å². The van der Waals surface area contributed by atoms with Crippen molar-refractivity contribution in [1.82, 2.24) is 0 Å². The van der Waals surface area contributed by atoms with Gasteiger partial charge in [0.15, 0.2) is 0 Å². The molecule has 2 heteroatoms. The van der Waals surface area contributed by atoms with Crippen molar-refractivity contribution in [2.24, 2.45) is 11.8 Å². The van der Waals surface area contributed by atoms with E-state index in [1.54, 1.807) is 0 Å². The normalized spacial score (nSPS) is 17.9. The minimum absolute atomic E-state index is 0.0538. The molecule has 19 heavy (non-hydrogen) atoms. The minimum atomic E-state index is -0.0538. The standard InChI is InChI=1S/C17H24O2/c1-14(16-10-6-3-7-11-16)12-17(18)19-13-15-8-4-2-5-9-15/h2,4-5,8-9,14,16H,3,6-7,10-13H2,1H3. The summed E-state index contributed by atoms with van der Waals surface area (Å²) in [5.74, 6) is 1.13. The maximum absolute atomic E-state index is 11.8. The van der Waals surface area contributed by atoms with Crippen molar-refractivity contribution in [2.75, 3.05) is 0 Å². The smallest absolute Gasteiger partial charge is 0.306 e. The molecular formula is C17H24O2. The highest BCUT2D eigenvalue weighted by atomic mass is 16.5. The quantitative estimate of drug-likeness (QED) is 0.736. The number of ether oxygens (including phenoxy) is 1. The predicted octanol–water partition coefficient (Wildman–Crippen LogP) is 4.34. The van der Waals surface area contributed by atoms with Crippen molar-refractivity contribution < 1.29 is 9.53 Å². The molecule has 1 fully saturated rings. The lowest BCUT2D eigenvalue weighted by Crippen LogP contribution is -2.19. The van der Waals surface area contributed by atoms with Crippen molar-refractivity contribution in [1.29, 1.82) is 0 Å². The molecule has 0 amide bonds. The van der Waals surface area contributed by atoms with Gasteiger partial charge in [-0.15, -0.1) is 0 Å². The average Bonchev–Trinajstić information content (AvgIpc) is 2.47. The Hall–Kier alpha value is -1.31. The van der Waals surface area contributed by atoms with E-state index in [9.17, 15) is 4.79 Å². The predicted molar refractivity (Wildman–Crippen MR) is 76.6 cm³/mol. The van der Waals surface area contributed by atoms with Crippen LogP contribution in [0.4, 0.5) is 0 Å². The molecule has 0 bridgehead atoms. The Morgan fingerprint density at radius 1 is 1.21 bits per heavy atom. The Kier molecular flexibility index (Phi) is 5.44. The van der Waals surface area contributed by atoms with Crippen LogP contribution in [-0.2, 0) is 16.1 Å². The van der Waals surface area contributed by atoms with Crippen molar-refractivity contribution in [3.63, 3.8) is 0 Å². The fourth-order valence-corrected chi connectivity index (χ4v) is 2.93. The van der Waals surface area contributed by atoms with Crippen molar-refractivity contribution >= 4 is 5.97 Å².